The Labute approximate surface area is 160 Å². The predicted molar refractivity (Wildman–Crippen MR) is 100 cm³/mol. The molecule has 1 fully saturated rings. The van der Waals surface area contributed by atoms with Crippen molar-refractivity contribution in [1.82, 2.24) is 4.90 Å². The number of benzene rings is 2. The van der Waals surface area contributed by atoms with Gasteiger partial charge in [0.05, 0.1) is 15.7 Å². The monoisotopic (exact) mass is 394 g/mol. The van der Waals surface area contributed by atoms with Crippen molar-refractivity contribution < 1.29 is 14.3 Å². The molecule has 4 rings (SSSR count). The number of likely N-dealkylation sites (tertiary alicyclic amines) is 1. The van der Waals surface area contributed by atoms with E-state index >= 15 is 0 Å². The summed E-state index contributed by atoms with van der Waals surface area (Å²) in [6, 6.07) is 8.32. The molecule has 4 nitrogen and oxygen atoms in total. The molecule has 2 atom stereocenters. The lowest BCUT2D eigenvalue weighted by Gasteiger charge is -2.35. The first kappa shape index (κ1) is 17.6. The van der Waals surface area contributed by atoms with Crippen molar-refractivity contribution in [3.63, 3.8) is 0 Å². The smallest absolute Gasteiger partial charge is 0.248 e. The lowest BCUT2D eigenvalue weighted by Crippen LogP contribution is -2.46. The van der Waals surface area contributed by atoms with Crippen LogP contribution >= 0.6 is 23.2 Å². The van der Waals surface area contributed by atoms with Crippen molar-refractivity contribution in [2.45, 2.75) is 18.4 Å². The summed E-state index contributed by atoms with van der Waals surface area (Å²) in [5.41, 5.74) is 2.73. The predicted octanol–water partition coefficient (Wildman–Crippen LogP) is 3.90. The first-order chi connectivity index (χ1) is 12.5. The van der Waals surface area contributed by atoms with Crippen LogP contribution in [0.25, 0.3) is 11.1 Å². The van der Waals surface area contributed by atoms with E-state index < -0.39 is 6.61 Å². The van der Waals surface area contributed by atoms with Gasteiger partial charge in [-0.3, -0.25) is 4.79 Å². The highest BCUT2D eigenvalue weighted by Crippen LogP contribution is 2.50. The van der Waals surface area contributed by atoms with E-state index in [-0.39, 0.29) is 23.7 Å². The average molecular weight is 395 g/mol. The second-order valence-corrected chi connectivity index (χ2v) is 7.42. The number of hydrogen-bond donors (Lipinski definition) is 2. The zero-order valence-corrected chi connectivity index (χ0v) is 15.3. The number of rotatable bonds is 2. The van der Waals surface area contributed by atoms with Crippen molar-refractivity contribution in [2.24, 2.45) is 0 Å². The van der Waals surface area contributed by atoms with Gasteiger partial charge >= 0.3 is 0 Å². The number of aliphatic hydroxyl groups is 1. The fraction of sp³-hybridized carbons (Fsp3) is 0.316. The third kappa shape index (κ3) is 2.75. The van der Waals surface area contributed by atoms with Crippen LogP contribution in [0.5, 0.6) is 0 Å². The Bertz CT molecular complexity index is 890. The van der Waals surface area contributed by atoms with Gasteiger partial charge in [-0.15, -0.1) is 0 Å². The highest BCUT2D eigenvalue weighted by atomic mass is 35.5. The summed E-state index contributed by atoms with van der Waals surface area (Å²) in [7, 11) is 0. The van der Waals surface area contributed by atoms with E-state index in [1.54, 1.807) is 29.2 Å². The molecule has 2 aliphatic heterocycles. The van der Waals surface area contributed by atoms with Crippen LogP contribution in [0, 0.1) is 5.82 Å². The topological polar surface area (TPSA) is 52.6 Å². The van der Waals surface area contributed by atoms with Crippen LogP contribution in [0.4, 0.5) is 10.1 Å². The lowest BCUT2D eigenvalue weighted by atomic mass is 9.84. The number of nitrogens with one attached hydrogen (secondary N) is 1. The number of hydrogen-bond acceptors (Lipinski definition) is 3. The van der Waals surface area contributed by atoms with Gasteiger partial charge in [-0.05, 0) is 29.7 Å². The molecule has 1 saturated heterocycles. The van der Waals surface area contributed by atoms with Crippen molar-refractivity contribution in [1.29, 1.82) is 0 Å². The first-order valence-electron chi connectivity index (χ1n) is 8.43. The number of aliphatic hydroxyl groups excluding tert-OH is 1. The molecule has 2 aromatic carbocycles. The van der Waals surface area contributed by atoms with E-state index in [1.165, 1.54) is 6.07 Å². The minimum Gasteiger partial charge on any atom is -0.387 e. The fourth-order valence-corrected chi connectivity index (χ4v) is 4.41. The molecule has 0 aromatic heterocycles. The summed E-state index contributed by atoms with van der Waals surface area (Å²) in [5, 5.41) is 13.4. The number of amides is 1. The van der Waals surface area contributed by atoms with Crippen LogP contribution in [-0.2, 0) is 4.79 Å². The van der Waals surface area contributed by atoms with Gasteiger partial charge in [-0.2, -0.15) is 0 Å². The largest absolute Gasteiger partial charge is 0.387 e. The third-order valence-electron chi connectivity index (χ3n) is 5.23. The Morgan fingerprint density at radius 1 is 1.31 bits per heavy atom. The summed E-state index contributed by atoms with van der Waals surface area (Å²) < 4.78 is 14.5. The Morgan fingerprint density at radius 2 is 2.08 bits per heavy atom. The number of carbonyl (C=O) groups is 1. The molecule has 0 aliphatic carbocycles. The molecule has 2 aromatic rings. The second-order valence-electron chi connectivity index (χ2n) is 6.63. The van der Waals surface area contributed by atoms with E-state index in [0.717, 1.165) is 12.0 Å². The molecule has 0 bridgehead atoms. The molecule has 0 saturated carbocycles. The van der Waals surface area contributed by atoms with Gasteiger partial charge in [-0.1, -0.05) is 41.4 Å². The van der Waals surface area contributed by atoms with Crippen molar-refractivity contribution in [3.05, 3.63) is 51.8 Å². The molecular formula is C19H17Cl2FN2O2. The molecule has 7 heteroatoms. The Balaban J connectivity index is 1.85. The third-order valence-corrected chi connectivity index (χ3v) is 6.01. The lowest BCUT2D eigenvalue weighted by molar-refractivity contribution is -0.135. The Hall–Kier alpha value is -1.82. The van der Waals surface area contributed by atoms with Gasteiger partial charge in [-0.25, -0.2) is 4.39 Å². The maximum atomic E-state index is 14.5. The van der Waals surface area contributed by atoms with Crippen LogP contribution in [0.2, 0.25) is 10.0 Å². The number of fused-ring (bicyclic) bond motifs is 3. The zero-order valence-electron chi connectivity index (χ0n) is 13.8. The molecule has 0 spiro atoms. The van der Waals surface area contributed by atoms with E-state index in [1.807, 2.05) is 0 Å². The van der Waals surface area contributed by atoms with Crippen LogP contribution < -0.4 is 5.32 Å². The summed E-state index contributed by atoms with van der Waals surface area (Å²) in [6.07, 6.45) is 0.718. The second kappa shape index (κ2) is 6.72. The first-order valence-corrected chi connectivity index (χ1v) is 9.18. The maximum absolute atomic E-state index is 14.5. The molecule has 2 N–H and O–H groups in total. The summed E-state index contributed by atoms with van der Waals surface area (Å²) >= 11 is 12.7. The molecule has 2 unspecified atom stereocenters. The van der Waals surface area contributed by atoms with E-state index in [9.17, 15) is 14.3 Å². The Kier molecular flexibility index (Phi) is 4.55. The van der Waals surface area contributed by atoms with Crippen LogP contribution in [0.1, 0.15) is 17.9 Å². The molecule has 0 radical (unpaired) electrons. The molecule has 2 heterocycles. The summed E-state index contributed by atoms with van der Waals surface area (Å²) in [6.45, 7) is 0.491. The summed E-state index contributed by atoms with van der Waals surface area (Å²) in [4.78, 5) is 13.6. The molecule has 26 heavy (non-hydrogen) atoms. The number of carbonyl (C=O) groups excluding carboxylic acids is 1. The zero-order chi connectivity index (χ0) is 18.4. The van der Waals surface area contributed by atoms with E-state index in [0.29, 0.717) is 39.9 Å². The highest BCUT2D eigenvalue weighted by molar-refractivity contribution is 6.44. The van der Waals surface area contributed by atoms with Crippen molar-refractivity contribution in [2.75, 3.05) is 25.0 Å². The molecule has 1 amide bonds. The van der Waals surface area contributed by atoms with Crippen LogP contribution in [0.3, 0.4) is 0 Å². The van der Waals surface area contributed by atoms with Gasteiger partial charge in [0.25, 0.3) is 0 Å². The van der Waals surface area contributed by atoms with Gasteiger partial charge in [0.1, 0.15) is 12.4 Å². The molecule has 136 valence electrons. The van der Waals surface area contributed by atoms with Gasteiger partial charge < -0.3 is 15.3 Å². The van der Waals surface area contributed by atoms with Crippen molar-refractivity contribution in [3.8, 4) is 11.1 Å². The van der Waals surface area contributed by atoms with E-state index in [4.69, 9.17) is 23.2 Å². The average Bonchev–Trinajstić information content (AvgIpc) is 3.03. The SMILES string of the molecule is O=C(CO)N1CCC2Nc3c(Cl)c(Cl)cc(-c4ccccc4F)c3C2C1. The van der Waals surface area contributed by atoms with Gasteiger partial charge in [0.2, 0.25) is 5.91 Å². The van der Waals surface area contributed by atoms with Gasteiger partial charge in [0, 0.05) is 30.6 Å². The van der Waals surface area contributed by atoms with E-state index in [2.05, 4.69) is 5.32 Å². The van der Waals surface area contributed by atoms with Crippen LogP contribution in [-0.4, -0.2) is 41.7 Å². The molecule has 2 aliphatic rings. The highest BCUT2D eigenvalue weighted by Gasteiger charge is 2.41. The minimum absolute atomic E-state index is 0.0429. The standard InChI is InChI=1S/C19H17Cl2FN2O2/c20-13-7-11(10-3-1-2-4-14(10)22)17-12-8-24(16(26)9-25)6-5-15(12)23-19(17)18(13)21/h1-4,7,12,15,23,25H,5-6,8-9H2. The Morgan fingerprint density at radius 3 is 2.81 bits per heavy atom. The number of piperidine rings is 1. The number of anilines is 1. The van der Waals surface area contributed by atoms with Gasteiger partial charge in [0.15, 0.2) is 0 Å². The van der Waals surface area contributed by atoms with Crippen molar-refractivity contribution >= 4 is 34.8 Å². The van der Waals surface area contributed by atoms with Crippen LogP contribution in [0.15, 0.2) is 30.3 Å². The number of nitrogens with zero attached hydrogens (tertiary/aromatic N) is 1. The number of halogens is 3. The fourth-order valence-electron chi connectivity index (χ4n) is 4.00. The molecular weight excluding hydrogens is 378 g/mol. The minimum atomic E-state index is -0.515. The quantitative estimate of drug-likeness (QED) is 0.811. The maximum Gasteiger partial charge on any atom is 0.248 e. The normalized spacial score (nSPS) is 21.2. The summed E-state index contributed by atoms with van der Waals surface area (Å²) in [5.74, 6) is -0.682.